The first-order valence-electron chi connectivity index (χ1n) is 8.83. The van der Waals surface area contributed by atoms with E-state index in [0.717, 1.165) is 18.7 Å². The molecule has 9 heteroatoms. The van der Waals surface area contributed by atoms with E-state index in [9.17, 15) is 0 Å². The summed E-state index contributed by atoms with van der Waals surface area (Å²) in [7, 11) is 0. The quantitative estimate of drug-likeness (QED) is 0.696. The monoisotopic (exact) mass is 428 g/mol. The maximum atomic E-state index is 6.02. The van der Waals surface area contributed by atoms with Gasteiger partial charge in [-0.15, -0.1) is 0 Å². The molecule has 1 saturated heterocycles. The van der Waals surface area contributed by atoms with Crippen molar-refractivity contribution in [3.8, 4) is 11.4 Å². The molecule has 1 aromatic heterocycles. The molecule has 2 aromatic rings. The van der Waals surface area contributed by atoms with Crippen LogP contribution in [0.4, 0.5) is 11.6 Å². The van der Waals surface area contributed by atoms with Gasteiger partial charge in [-0.25, -0.2) is 4.98 Å². The number of halogens is 3. The van der Waals surface area contributed by atoms with Crippen LogP contribution >= 0.6 is 34.8 Å². The van der Waals surface area contributed by atoms with Crippen molar-refractivity contribution in [1.29, 1.82) is 0 Å². The van der Waals surface area contributed by atoms with Crippen LogP contribution in [0, 0.1) is 0 Å². The molecule has 1 fully saturated rings. The van der Waals surface area contributed by atoms with Gasteiger partial charge >= 0.3 is 0 Å². The van der Waals surface area contributed by atoms with Crippen molar-refractivity contribution in [3.05, 3.63) is 30.1 Å². The van der Waals surface area contributed by atoms with Crippen LogP contribution in [0.5, 0.6) is 0 Å². The lowest BCUT2D eigenvalue weighted by molar-refractivity contribution is 0.547. The van der Waals surface area contributed by atoms with Crippen LogP contribution in [0.1, 0.15) is 32.5 Å². The summed E-state index contributed by atoms with van der Waals surface area (Å²) in [6.45, 7) is 6.44. The summed E-state index contributed by atoms with van der Waals surface area (Å²) in [5.74, 6) is 0.832. The first-order valence-corrected chi connectivity index (χ1v) is 9.97. The van der Waals surface area contributed by atoms with Crippen molar-refractivity contribution in [2.75, 3.05) is 29.9 Å². The molecule has 0 spiro atoms. The maximum absolute atomic E-state index is 6.02. The smallest absolute Gasteiger partial charge is 0.250 e. The van der Waals surface area contributed by atoms with E-state index in [2.05, 4.69) is 37.3 Å². The zero-order valence-electron chi connectivity index (χ0n) is 15.3. The summed E-state index contributed by atoms with van der Waals surface area (Å²) in [5, 5.41) is 3.09. The van der Waals surface area contributed by atoms with Crippen molar-refractivity contribution >= 4 is 46.4 Å². The summed E-state index contributed by atoms with van der Waals surface area (Å²) in [5.41, 5.74) is 7.59. The first kappa shape index (κ1) is 20.4. The van der Waals surface area contributed by atoms with Gasteiger partial charge in [-0.05, 0) is 51.0 Å². The second-order valence-corrected chi connectivity index (χ2v) is 9.67. The number of nitrogens with zero attached hydrogens (tertiary/aromatic N) is 4. The summed E-state index contributed by atoms with van der Waals surface area (Å²) in [6.07, 6.45) is 2.46. The van der Waals surface area contributed by atoms with Gasteiger partial charge in [0.25, 0.3) is 0 Å². The molecule has 1 aliphatic rings. The largest absolute Gasteiger partial charge is 0.372 e. The van der Waals surface area contributed by atoms with Crippen LogP contribution in [0.25, 0.3) is 11.4 Å². The van der Waals surface area contributed by atoms with Crippen LogP contribution < -0.4 is 16.0 Å². The Morgan fingerprint density at radius 3 is 2.22 bits per heavy atom. The molecule has 0 unspecified atom stereocenters. The number of nitrogens with one attached hydrogen (secondary N) is 1. The van der Waals surface area contributed by atoms with E-state index in [0.29, 0.717) is 18.3 Å². The van der Waals surface area contributed by atoms with Gasteiger partial charge in [0, 0.05) is 36.4 Å². The number of benzene rings is 1. The van der Waals surface area contributed by atoms with Gasteiger partial charge in [-0.2, -0.15) is 9.97 Å². The van der Waals surface area contributed by atoms with Gasteiger partial charge < -0.3 is 16.0 Å². The zero-order valence-corrected chi connectivity index (χ0v) is 17.6. The molecule has 3 rings (SSSR count). The predicted octanol–water partition coefficient (Wildman–Crippen LogP) is 4.11. The fourth-order valence-corrected chi connectivity index (χ4v) is 3.07. The fourth-order valence-electron chi connectivity index (χ4n) is 2.81. The minimum Gasteiger partial charge on any atom is -0.372 e. The normalized spacial score (nSPS) is 15.3. The highest BCUT2D eigenvalue weighted by Gasteiger charge is 2.29. The third-order valence-electron chi connectivity index (χ3n) is 4.19. The number of rotatable bonds is 5. The molecule has 1 aliphatic heterocycles. The maximum Gasteiger partial charge on any atom is 0.250 e. The molecule has 146 valence electrons. The lowest BCUT2D eigenvalue weighted by Crippen LogP contribution is -2.40. The van der Waals surface area contributed by atoms with Crippen molar-refractivity contribution in [2.45, 2.75) is 36.0 Å². The lowest BCUT2D eigenvalue weighted by Gasteiger charge is -2.20. The number of aromatic nitrogens is 3. The number of anilines is 2. The highest BCUT2D eigenvalue weighted by molar-refractivity contribution is 6.66. The topological polar surface area (TPSA) is 80.0 Å². The third-order valence-corrected chi connectivity index (χ3v) is 4.69. The molecule has 0 amide bonds. The van der Waals surface area contributed by atoms with Crippen LogP contribution in [0.3, 0.4) is 0 Å². The van der Waals surface area contributed by atoms with Crippen LogP contribution in [-0.2, 0) is 3.79 Å². The Hall–Kier alpha value is -1.34. The Balaban J connectivity index is 1.90. The van der Waals surface area contributed by atoms with E-state index in [-0.39, 0.29) is 5.82 Å². The minimum absolute atomic E-state index is 0.0680. The first-order chi connectivity index (χ1) is 12.6. The number of nitrogens with two attached hydrogens (primary N) is 1. The molecule has 27 heavy (non-hydrogen) atoms. The Morgan fingerprint density at radius 1 is 1.04 bits per heavy atom. The molecular weight excluding hydrogens is 407 g/mol. The highest BCUT2D eigenvalue weighted by Crippen LogP contribution is 2.37. The fraction of sp³-hybridized carbons (Fsp3) is 0.500. The summed E-state index contributed by atoms with van der Waals surface area (Å²) >= 11 is 18.0. The lowest BCUT2D eigenvalue weighted by atomic mass is 10.1. The average Bonchev–Trinajstić information content (AvgIpc) is 3.13. The van der Waals surface area contributed by atoms with E-state index in [1.54, 1.807) is 0 Å². The van der Waals surface area contributed by atoms with Crippen LogP contribution in [0.15, 0.2) is 24.3 Å². The molecule has 3 N–H and O–H groups in total. The van der Waals surface area contributed by atoms with Crippen molar-refractivity contribution in [2.24, 2.45) is 5.73 Å². The molecule has 0 radical (unpaired) electrons. The van der Waals surface area contributed by atoms with E-state index >= 15 is 0 Å². The Morgan fingerprint density at radius 2 is 1.67 bits per heavy atom. The SMILES string of the molecule is CC(C)(N)CNc1nc(-c2ccc(N3CCCC3)cc2)nc(C(Cl)(Cl)Cl)n1. The van der Waals surface area contributed by atoms with Gasteiger partial charge in [0.15, 0.2) is 11.6 Å². The number of alkyl halides is 3. The van der Waals surface area contributed by atoms with Gasteiger partial charge in [0.05, 0.1) is 0 Å². The standard InChI is InChI=1S/C18H23Cl3N6/c1-17(2,22)11-23-16-25-14(24-15(26-16)18(19,20)21)12-5-7-13(8-6-12)27-9-3-4-10-27/h5-8H,3-4,9-11,22H2,1-2H3,(H,23,24,25,26). The second kappa shape index (κ2) is 7.95. The predicted molar refractivity (Wildman–Crippen MR) is 113 cm³/mol. The van der Waals surface area contributed by atoms with Crippen molar-refractivity contribution < 1.29 is 0 Å². The van der Waals surface area contributed by atoms with E-state index in [1.165, 1.54) is 18.5 Å². The summed E-state index contributed by atoms with van der Waals surface area (Å²) in [4.78, 5) is 15.4. The van der Waals surface area contributed by atoms with Crippen molar-refractivity contribution in [1.82, 2.24) is 15.0 Å². The third kappa shape index (κ3) is 5.57. The number of hydrogen-bond acceptors (Lipinski definition) is 6. The summed E-state index contributed by atoms with van der Waals surface area (Å²) in [6, 6.07) is 8.08. The van der Waals surface area contributed by atoms with Crippen LogP contribution in [0.2, 0.25) is 0 Å². The molecule has 6 nitrogen and oxygen atoms in total. The molecule has 1 aromatic carbocycles. The van der Waals surface area contributed by atoms with E-state index in [1.807, 2.05) is 26.0 Å². The Bertz CT molecular complexity index is 777. The van der Waals surface area contributed by atoms with Crippen LogP contribution in [-0.4, -0.2) is 40.1 Å². The second-order valence-electron chi connectivity index (χ2n) is 7.39. The van der Waals surface area contributed by atoms with Gasteiger partial charge in [-0.3, -0.25) is 0 Å². The molecule has 0 aliphatic carbocycles. The summed E-state index contributed by atoms with van der Waals surface area (Å²) < 4.78 is -1.75. The van der Waals surface area contributed by atoms with Gasteiger partial charge in [0.1, 0.15) is 0 Å². The van der Waals surface area contributed by atoms with Gasteiger partial charge in [0.2, 0.25) is 9.74 Å². The van der Waals surface area contributed by atoms with Crippen molar-refractivity contribution in [3.63, 3.8) is 0 Å². The highest BCUT2D eigenvalue weighted by atomic mass is 35.6. The van der Waals surface area contributed by atoms with Gasteiger partial charge in [-0.1, -0.05) is 34.8 Å². The minimum atomic E-state index is -1.75. The Kier molecular flexibility index (Phi) is 6.01. The molecule has 0 saturated carbocycles. The Labute approximate surface area is 174 Å². The van der Waals surface area contributed by atoms with E-state index in [4.69, 9.17) is 40.5 Å². The average molecular weight is 430 g/mol. The molecule has 0 atom stereocenters. The molecular formula is C18H23Cl3N6. The molecule has 0 bridgehead atoms. The molecule has 2 heterocycles. The number of hydrogen-bond donors (Lipinski definition) is 2. The zero-order chi connectivity index (χ0) is 19.7. The van der Waals surface area contributed by atoms with E-state index < -0.39 is 9.33 Å².